The zero-order chi connectivity index (χ0) is 24.1. The van der Waals surface area contributed by atoms with Crippen molar-refractivity contribution >= 4 is 16.9 Å². The van der Waals surface area contributed by atoms with Crippen molar-refractivity contribution in [2.75, 3.05) is 13.2 Å². The van der Waals surface area contributed by atoms with Gasteiger partial charge in [0.05, 0.1) is 4.75 Å². The summed E-state index contributed by atoms with van der Waals surface area (Å²) in [4.78, 5) is 8.05. The third-order valence-electron chi connectivity index (χ3n) is 5.74. The van der Waals surface area contributed by atoms with E-state index in [0.717, 1.165) is 0 Å². The Hall–Kier alpha value is -3.20. The molecule has 3 aromatic rings. The number of hydrogen-bond donors (Lipinski definition) is 1. The van der Waals surface area contributed by atoms with Crippen LogP contribution in [0.15, 0.2) is 53.7 Å². The van der Waals surface area contributed by atoms with Gasteiger partial charge in [0.15, 0.2) is 16.7 Å². The maximum absolute atomic E-state index is 15.3. The number of nitrogens with two attached hydrogens (primary N) is 1. The van der Waals surface area contributed by atoms with E-state index in [4.69, 9.17) is 15.2 Å². The standard InChI is InChI=1S/C25H22F3N3O2S/c1-24(2,28)13-32-15-11-18-21(19(26)12-15)33-20-6-5-14(16-4-3-8-30-22(16)27)10-17(20)25(18)7-9-31-23(29)34-25/h3-6,8,10-12H,7,9,13H2,1-2H3,(H2,29,31)/t25-/m0/s1. The lowest BCUT2D eigenvalue weighted by Crippen LogP contribution is -2.35. The summed E-state index contributed by atoms with van der Waals surface area (Å²) >= 11 is 1.29. The second-order valence-corrected chi connectivity index (χ2v) is 10.2. The number of hydrogen-bond acceptors (Lipinski definition) is 6. The third-order valence-corrected chi connectivity index (χ3v) is 7.07. The predicted molar refractivity (Wildman–Crippen MR) is 126 cm³/mol. The molecular formula is C25H22F3N3O2S. The monoisotopic (exact) mass is 485 g/mol. The fraction of sp³-hybridized carbons (Fsp3) is 0.280. The fourth-order valence-electron chi connectivity index (χ4n) is 4.23. The van der Waals surface area contributed by atoms with E-state index in [0.29, 0.717) is 46.1 Å². The van der Waals surface area contributed by atoms with Crippen molar-refractivity contribution in [1.29, 1.82) is 0 Å². The summed E-state index contributed by atoms with van der Waals surface area (Å²) in [5.74, 6) is -0.536. The van der Waals surface area contributed by atoms with Crippen molar-refractivity contribution in [2.45, 2.75) is 30.7 Å². The van der Waals surface area contributed by atoms with Gasteiger partial charge in [0, 0.05) is 35.5 Å². The Labute approximate surface area is 199 Å². The van der Waals surface area contributed by atoms with Crippen molar-refractivity contribution in [2.24, 2.45) is 10.7 Å². The first kappa shape index (κ1) is 22.6. The first-order chi connectivity index (χ1) is 16.2. The van der Waals surface area contributed by atoms with Gasteiger partial charge >= 0.3 is 0 Å². The van der Waals surface area contributed by atoms with Gasteiger partial charge in [-0.2, -0.15) is 4.39 Å². The van der Waals surface area contributed by atoms with Crippen molar-refractivity contribution in [3.8, 4) is 28.4 Å². The third kappa shape index (κ3) is 3.98. The minimum atomic E-state index is -1.59. The van der Waals surface area contributed by atoms with Crippen LogP contribution in [-0.2, 0) is 4.75 Å². The summed E-state index contributed by atoms with van der Waals surface area (Å²) in [6.07, 6.45) is 1.88. The molecule has 9 heteroatoms. The van der Waals surface area contributed by atoms with Crippen LogP contribution in [-0.4, -0.2) is 29.0 Å². The molecule has 1 spiro atoms. The topological polar surface area (TPSA) is 69.7 Å². The highest BCUT2D eigenvalue weighted by molar-refractivity contribution is 8.14. The van der Waals surface area contributed by atoms with Crippen LogP contribution in [0, 0.1) is 11.8 Å². The van der Waals surface area contributed by atoms with E-state index in [2.05, 4.69) is 9.98 Å². The van der Waals surface area contributed by atoms with Crippen molar-refractivity contribution in [3.63, 3.8) is 0 Å². The van der Waals surface area contributed by atoms with E-state index in [1.165, 1.54) is 37.9 Å². The summed E-state index contributed by atoms with van der Waals surface area (Å²) in [6, 6.07) is 11.4. The molecule has 2 aliphatic heterocycles. The molecule has 2 N–H and O–H groups in total. The predicted octanol–water partition coefficient (Wildman–Crippen LogP) is 5.95. The van der Waals surface area contributed by atoms with Crippen LogP contribution in [0.5, 0.6) is 17.2 Å². The maximum Gasteiger partial charge on any atom is 0.220 e. The first-order valence-corrected chi connectivity index (χ1v) is 11.6. The van der Waals surface area contributed by atoms with Gasteiger partial charge in [-0.3, -0.25) is 4.99 Å². The highest BCUT2D eigenvalue weighted by atomic mass is 32.2. The summed E-state index contributed by atoms with van der Waals surface area (Å²) in [6.45, 7) is 2.94. The molecule has 34 heavy (non-hydrogen) atoms. The molecule has 0 amide bonds. The Morgan fingerprint density at radius 3 is 2.74 bits per heavy atom. The summed E-state index contributed by atoms with van der Waals surface area (Å²) in [7, 11) is 0. The SMILES string of the molecule is CC(C)(F)COc1cc(F)c2c(c1)[C@]1(CCN=C(N)S1)c1cc(-c3cccnc3F)ccc1O2. The van der Waals surface area contributed by atoms with Crippen LogP contribution < -0.4 is 15.2 Å². The second kappa shape index (κ2) is 8.23. The van der Waals surface area contributed by atoms with Gasteiger partial charge < -0.3 is 15.2 Å². The van der Waals surface area contributed by atoms with Gasteiger partial charge in [0.25, 0.3) is 0 Å². The molecule has 0 fully saturated rings. The lowest BCUT2D eigenvalue weighted by Gasteiger charge is -2.41. The number of amidine groups is 1. The van der Waals surface area contributed by atoms with Crippen LogP contribution in [0.4, 0.5) is 13.2 Å². The molecule has 0 aliphatic carbocycles. The number of rotatable bonds is 4. The molecule has 0 radical (unpaired) electrons. The van der Waals surface area contributed by atoms with E-state index in [9.17, 15) is 8.78 Å². The van der Waals surface area contributed by atoms with Crippen LogP contribution in [0.1, 0.15) is 31.4 Å². The van der Waals surface area contributed by atoms with E-state index in [-0.39, 0.29) is 18.1 Å². The molecule has 5 rings (SSSR count). The van der Waals surface area contributed by atoms with Crippen LogP contribution in [0.25, 0.3) is 11.1 Å². The number of aromatic nitrogens is 1. The highest BCUT2D eigenvalue weighted by Crippen LogP contribution is 2.58. The molecule has 0 saturated carbocycles. The van der Waals surface area contributed by atoms with Crippen molar-refractivity contribution in [1.82, 2.24) is 4.98 Å². The summed E-state index contributed by atoms with van der Waals surface area (Å²) in [5.41, 5.74) is 6.72. The lowest BCUT2D eigenvalue weighted by molar-refractivity contribution is 0.120. The van der Waals surface area contributed by atoms with Crippen LogP contribution in [0.3, 0.4) is 0 Å². The van der Waals surface area contributed by atoms with E-state index in [1.54, 1.807) is 30.3 Å². The molecule has 1 atom stereocenters. The fourth-order valence-corrected chi connectivity index (χ4v) is 5.47. The Balaban J connectivity index is 1.68. The zero-order valence-corrected chi connectivity index (χ0v) is 19.4. The van der Waals surface area contributed by atoms with Gasteiger partial charge in [0.1, 0.15) is 23.8 Å². The smallest absolute Gasteiger partial charge is 0.220 e. The van der Waals surface area contributed by atoms with E-state index in [1.807, 2.05) is 6.07 Å². The van der Waals surface area contributed by atoms with Gasteiger partial charge in [-0.25, -0.2) is 13.8 Å². The van der Waals surface area contributed by atoms with Gasteiger partial charge in [-0.15, -0.1) is 0 Å². The number of pyridine rings is 1. The Bertz CT molecular complexity index is 1310. The molecule has 5 nitrogen and oxygen atoms in total. The molecule has 2 aliphatic rings. The number of benzene rings is 2. The minimum Gasteiger partial charge on any atom is -0.490 e. The zero-order valence-electron chi connectivity index (χ0n) is 18.6. The normalized spacial score (nSPS) is 19.1. The first-order valence-electron chi connectivity index (χ1n) is 10.7. The number of ether oxygens (including phenoxy) is 2. The molecule has 0 bridgehead atoms. The number of halogens is 3. The summed E-state index contributed by atoms with van der Waals surface area (Å²) in [5, 5.41) is 0.347. The van der Waals surface area contributed by atoms with E-state index >= 15 is 4.39 Å². The van der Waals surface area contributed by atoms with Gasteiger partial charge in [-0.05, 0) is 56.2 Å². The second-order valence-electron chi connectivity index (χ2n) is 8.84. The number of thioether (sulfide) groups is 1. The maximum atomic E-state index is 15.3. The molecule has 176 valence electrons. The molecular weight excluding hydrogens is 463 g/mol. The van der Waals surface area contributed by atoms with E-state index < -0.39 is 22.2 Å². The minimum absolute atomic E-state index is 0.0573. The summed E-state index contributed by atoms with van der Waals surface area (Å²) < 4.78 is 54.4. The number of alkyl halides is 1. The molecule has 3 heterocycles. The van der Waals surface area contributed by atoms with Gasteiger partial charge in [0.2, 0.25) is 5.95 Å². The van der Waals surface area contributed by atoms with Gasteiger partial charge in [-0.1, -0.05) is 17.8 Å². The molecule has 2 aromatic carbocycles. The largest absolute Gasteiger partial charge is 0.490 e. The average molecular weight is 486 g/mol. The molecule has 0 unspecified atom stereocenters. The quantitative estimate of drug-likeness (QED) is 0.462. The number of nitrogens with zero attached hydrogens (tertiary/aromatic N) is 2. The number of aliphatic imine (C=N–C) groups is 1. The molecule has 0 saturated heterocycles. The van der Waals surface area contributed by atoms with Crippen molar-refractivity contribution in [3.05, 3.63) is 71.6 Å². The van der Waals surface area contributed by atoms with Crippen molar-refractivity contribution < 1.29 is 22.6 Å². The van der Waals surface area contributed by atoms with Crippen LogP contribution >= 0.6 is 11.8 Å². The highest BCUT2D eigenvalue weighted by Gasteiger charge is 2.46. The Kier molecular flexibility index (Phi) is 5.47. The Morgan fingerprint density at radius 2 is 2.00 bits per heavy atom. The Morgan fingerprint density at radius 1 is 1.18 bits per heavy atom. The lowest BCUT2D eigenvalue weighted by atomic mass is 9.82. The average Bonchev–Trinajstić information content (AvgIpc) is 2.78. The van der Waals surface area contributed by atoms with Crippen LogP contribution in [0.2, 0.25) is 0 Å². The number of fused-ring (bicyclic) bond motifs is 4. The molecule has 1 aromatic heterocycles.